The molecule has 0 aromatic heterocycles. The van der Waals surface area contributed by atoms with Crippen LogP contribution in [0.2, 0.25) is 0 Å². The van der Waals surface area contributed by atoms with Crippen LogP contribution in [0.1, 0.15) is 27.8 Å². The van der Waals surface area contributed by atoms with Gasteiger partial charge in [0, 0.05) is 5.56 Å². The third kappa shape index (κ3) is 3.48. The Morgan fingerprint density at radius 2 is 1.67 bits per heavy atom. The normalized spacial score (nSPS) is 14.7. The SMILES string of the molecule is Cc1ccc(-c2c(C)c3c(c(C)c2CC(=O)O)NS(=O)c2cc(C)ccc2O3)cc1. The second kappa shape index (κ2) is 7.61. The fourth-order valence-electron chi connectivity index (χ4n) is 3.87. The van der Waals surface area contributed by atoms with Crippen molar-refractivity contribution in [2.75, 3.05) is 4.72 Å². The van der Waals surface area contributed by atoms with E-state index in [1.54, 1.807) is 0 Å². The van der Waals surface area contributed by atoms with Gasteiger partial charge in [0.25, 0.3) is 0 Å². The number of aryl methyl sites for hydroxylation is 2. The molecule has 154 valence electrons. The van der Waals surface area contributed by atoms with Crippen LogP contribution in [0.4, 0.5) is 5.69 Å². The predicted octanol–water partition coefficient (Wildman–Crippen LogP) is 5.45. The Balaban J connectivity index is 2.01. The van der Waals surface area contributed by atoms with Gasteiger partial charge in [-0.05, 0) is 67.6 Å². The highest BCUT2D eigenvalue weighted by molar-refractivity contribution is 7.86. The molecular formula is C24H23NO4S. The number of anilines is 1. The van der Waals surface area contributed by atoms with Crippen molar-refractivity contribution >= 4 is 22.6 Å². The molecule has 30 heavy (non-hydrogen) atoms. The van der Waals surface area contributed by atoms with E-state index in [1.165, 1.54) is 0 Å². The van der Waals surface area contributed by atoms with Crippen LogP contribution in [0.5, 0.6) is 11.5 Å². The molecule has 1 aliphatic heterocycles. The van der Waals surface area contributed by atoms with Crippen LogP contribution in [-0.2, 0) is 22.2 Å². The second-order valence-electron chi connectivity index (χ2n) is 7.67. The first-order chi connectivity index (χ1) is 14.3. The number of hydrogen-bond acceptors (Lipinski definition) is 3. The number of aliphatic carboxylic acids is 1. The van der Waals surface area contributed by atoms with Gasteiger partial charge in [0.05, 0.1) is 12.1 Å². The zero-order valence-corrected chi connectivity index (χ0v) is 18.1. The Labute approximate surface area is 178 Å². The molecule has 0 radical (unpaired) electrons. The molecule has 0 spiro atoms. The summed E-state index contributed by atoms with van der Waals surface area (Å²) < 4.78 is 22.4. The van der Waals surface area contributed by atoms with Crippen molar-refractivity contribution in [2.45, 2.75) is 39.0 Å². The van der Waals surface area contributed by atoms with Crippen LogP contribution < -0.4 is 9.46 Å². The molecule has 6 heteroatoms. The molecule has 2 N–H and O–H groups in total. The predicted molar refractivity (Wildman–Crippen MR) is 119 cm³/mol. The second-order valence-corrected chi connectivity index (χ2v) is 8.85. The minimum absolute atomic E-state index is 0.135. The highest BCUT2D eigenvalue weighted by atomic mass is 32.2. The Morgan fingerprint density at radius 3 is 2.33 bits per heavy atom. The Kier molecular flexibility index (Phi) is 5.12. The van der Waals surface area contributed by atoms with E-state index in [0.29, 0.717) is 27.6 Å². The van der Waals surface area contributed by atoms with E-state index in [-0.39, 0.29) is 6.42 Å². The number of nitrogens with one attached hydrogen (secondary N) is 1. The lowest BCUT2D eigenvalue weighted by Crippen LogP contribution is -2.10. The van der Waals surface area contributed by atoms with E-state index >= 15 is 0 Å². The number of carboxylic acids is 1. The van der Waals surface area contributed by atoms with Crippen LogP contribution in [0, 0.1) is 27.7 Å². The Hall–Kier alpha value is -3.12. The molecule has 1 unspecified atom stereocenters. The van der Waals surface area contributed by atoms with Gasteiger partial charge >= 0.3 is 5.97 Å². The maximum atomic E-state index is 13.0. The number of benzene rings is 3. The molecule has 3 aromatic carbocycles. The minimum atomic E-state index is -1.52. The van der Waals surface area contributed by atoms with Gasteiger partial charge in [-0.3, -0.25) is 9.52 Å². The van der Waals surface area contributed by atoms with E-state index in [2.05, 4.69) is 4.72 Å². The van der Waals surface area contributed by atoms with E-state index in [0.717, 1.165) is 33.4 Å². The van der Waals surface area contributed by atoms with E-state index in [9.17, 15) is 14.1 Å². The molecule has 1 atom stereocenters. The van der Waals surface area contributed by atoms with Crippen molar-refractivity contribution < 1.29 is 18.8 Å². The first kappa shape index (κ1) is 20.2. The maximum absolute atomic E-state index is 13.0. The molecular weight excluding hydrogens is 398 g/mol. The molecule has 4 rings (SSSR count). The first-order valence-electron chi connectivity index (χ1n) is 9.68. The minimum Gasteiger partial charge on any atom is -0.481 e. The molecule has 3 aromatic rings. The first-order valence-corrected chi connectivity index (χ1v) is 10.8. The van der Waals surface area contributed by atoms with Gasteiger partial charge in [0.1, 0.15) is 10.6 Å². The maximum Gasteiger partial charge on any atom is 0.307 e. The molecule has 1 heterocycles. The van der Waals surface area contributed by atoms with Crippen molar-refractivity contribution in [2.24, 2.45) is 0 Å². The highest BCUT2D eigenvalue weighted by Gasteiger charge is 2.28. The summed E-state index contributed by atoms with van der Waals surface area (Å²) in [6.45, 7) is 7.72. The summed E-state index contributed by atoms with van der Waals surface area (Å²) in [6, 6.07) is 13.6. The molecule has 1 aliphatic rings. The van der Waals surface area contributed by atoms with E-state index < -0.39 is 17.0 Å². The summed E-state index contributed by atoms with van der Waals surface area (Å²) in [7, 11) is -1.52. The van der Waals surface area contributed by atoms with Gasteiger partial charge in [0.15, 0.2) is 16.7 Å². The zero-order chi connectivity index (χ0) is 21.6. The number of carbonyl (C=O) groups is 1. The van der Waals surface area contributed by atoms with Crippen molar-refractivity contribution in [3.63, 3.8) is 0 Å². The summed E-state index contributed by atoms with van der Waals surface area (Å²) in [5.74, 6) is 0.196. The van der Waals surface area contributed by atoms with Crippen LogP contribution in [0.25, 0.3) is 11.1 Å². The van der Waals surface area contributed by atoms with Crippen molar-refractivity contribution in [3.8, 4) is 22.6 Å². The summed E-state index contributed by atoms with van der Waals surface area (Å²) in [5, 5.41) is 9.57. The Bertz CT molecular complexity index is 1200. The zero-order valence-electron chi connectivity index (χ0n) is 17.3. The number of fused-ring (bicyclic) bond motifs is 2. The molecule has 0 saturated carbocycles. The fraction of sp³-hybridized carbons (Fsp3) is 0.208. The lowest BCUT2D eigenvalue weighted by atomic mass is 9.88. The number of hydrogen-bond donors (Lipinski definition) is 2. The highest BCUT2D eigenvalue weighted by Crippen LogP contribution is 2.47. The molecule has 0 fully saturated rings. The lowest BCUT2D eigenvalue weighted by Gasteiger charge is -2.22. The third-order valence-corrected chi connectivity index (χ3v) is 6.55. The summed E-state index contributed by atoms with van der Waals surface area (Å²) in [6.07, 6.45) is -0.135. The van der Waals surface area contributed by atoms with E-state index in [4.69, 9.17) is 4.74 Å². The molecule has 0 bridgehead atoms. The topological polar surface area (TPSA) is 75.6 Å². The monoisotopic (exact) mass is 421 g/mol. The van der Waals surface area contributed by atoms with Gasteiger partial charge < -0.3 is 9.84 Å². The van der Waals surface area contributed by atoms with Crippen molar-refractivity contribution in [3.05, 3.63) is 70.3 Å². The van der Waals surface area contributed by atoms with Crippen LogP contribution in [0.15, 0.2) is 47.4 Å². The van der Waals surface area contributed by atoms with Crippen molar-refractivity contribution in [1.82, 2.24) is 0 Å². The Morgan fingerprint density at radius 1 is 1.00 bits per heavy atom. The number of carboxylic acid groups (broad SMARTS) is 1. The summed E-state index contributed by atoms with van der Waals surface area (Å²) >= 11 is 0. The van der Waals surface area contributed by atoms with Gasteiger partial charge in [-0.15, -0.1) is 0 Å². The third-order valence-electron chi connectivity index (χ3n) is 5.45. The van der Waals surface area contributed by atoms with Crippen LogP contribution in [-0.4, -0.2) is 15.3 Å². The quantitative estimate of drug-likeness (QED) is 0.589. The van der Waals surface area contributed by atoms with Crippen LogP contribution in [0.3, 0.4) is 0 Å². The fourth-order valence-corrected chi connectivity index (χ4v) is 5.00. The molecule has 0 saturated heterocycles. The average molecular weight is 422 g/mol. The summed E-state index contributed by atoms with van der Waals surface area (Å²) in [5.41, 5.74) is 6.69. The molecule has 0 amide bonds. The smallest absolute Gasteiger partial charge is 0.307 e. The number of ether oxygens (including phenoxy) is 1. The largest absolute Gasteiger partial charge is 0.481 e. The van der Waals surface area contributed by atoms with Gasteiger partial charge in [-0.1, -0.05) is 35.9 Å². The van der Waals surface area contributed by atoms with E-state index in [1.807, 2.05) is 70.2 Å². The standard InChI is InChI=1S/C24H23NO4S/c1-13-5-8-17(9-6-13)22-16(4)24-23(15(3)18(22)12-21(26)27)25-30(28)20-11-14(2)7-10-19(20)29-24/h5-11,25H,12H2,1-4H3,(H,26,27). The number of rotatable bonds is 3. The summed E-state index contributed by atoms with van der Waals surface area (Å²) in [4.78, 5) is 12.2. The molecule has 5 nitrogen and oxygen atoms in total. The lowest BCUT2D eigenvalue weighted by molar-refractivity contribution is -0.136. The van der Waals surface area contributed by atoms with Crippen molar-refractivity contribution in [1.29, 1.82) is 0 Å². The molecule has 0 aliphatic carbocycles. The van der Waals surface area contributed by atoms with Gasteiger partial charge in [-0.25, -0.2) is 4.21 Å². The average Bonchev–Trinajstić information content (AvgIpc) is 2.84. The van der Waals surface area contributed by atoms with Gasteiger partial charge in [0.2, 0.25) is 0 Å². The van der Waals surface area contributed by atoms with Crippen LogP contribution >= 0.6 is 0 Å². The van der Waals surface area contributed by atoms with Gasteiger partial charge in [-0.2, -0.15) is 0 Å².